The molecule has 0 aliphatic rings. The quantitative estimate of drug-likeness (QED) is 0.766. The van der Waals surface area contributed by atoms with Crippen molar-refractivity contribution in [3.05, 3.63) is 70.9 Å². The molecule has 0 saturated carbocycles. The van der Waals surface area contributed by atoms with E-state index in [2.05, 4.69) is 10.5 Å². The molecule has 3 rings (SSSR count). The molecule has 0 unspecified atom stereocenters. The van der Waals surface area contributed by atoms with Crippen LogP contribution in [0.4, 0.5) is 14.5 Å². The van der Waals surface area contributed by atoms with Crippen LogP contribution in [-0.2, 0) is 0 Å². The van der Waals surface area contributed by atoms with Gasteiger partial charge in [-0.2, -0.15) is 0 Å². The molecule has 0 radical (unpaired) electrons. The van der Waals surface area contributed by atoms with Crippen LogP contribution in [0, 0.1) is 11.6 Å². The standard InChI is InChI=1S/C16H9ClF2N2O2/c17-12-7-11(5-6-13(12)19)20-16(22)14-8-15(23-21-14)9-1-3-10(18)4-2-9/h1-8H,(H,20,22). The van der Waals surface area contributed by atoms with Crippen molar-refractivity contribution in [3.8, 4) is 11.3 Å². The van der Waals surface area contributed by atoms with Crippen molar-refractivity contribution < 1.29 is 18.1 Å². The van der Waals surface area contributed by atoms with Gasteiger partial charge in [-0.15, -0.1) is 0 Å². The molecule has 1 amide bonds. The zero-order valence-electron chi connectivity index (χ0n) is 11.5. The maximum atomic E-state index is 13.1. The van der Waals surface area contributed by atoms with Crippen LogP contribution in [0.25, 0.3) is 11.3 Å². The number of benzene rings is 2. The Kier molecular flexibility index (Phi) is 4.08. The Balaban J connectivity index is 1.78. The molecule has 0 fully saturated rings. The van der Waals surface area contributed by atoms with Gasteiger partial charge in [0.1, 0.15) is 11.6 Å². The topological polar surface area (TPSA) is 55.1 Å². The van der Waals surface area contributed by atoms with Crippen LogP contribution in [0.1, 0.15) is 10.5 Å². The lowest BCUT2D eigenvalue weighted by molar-refractivity contribution is 0.101. The first-order valence-corrected chi connectivity index (χ1v) is 6.90. The minimum Gasteiger partial charge on any atom is -0.355 e. The van der Waals surface area contributed by atoms with Gasteiger partial charge in [-0.25, -0.2) is 8.78 Å². The van der Waals surface area contributed by atoms with E-state index in [1.807, 2.05) is 0 Å². The number of nitrogens with one attached hydrogen (secondary N) is 1. The van der Waals surface area contributed by atoms with Crippen LogP contribution >= 0.6 is 11.6 Å². The van der Waals surface area contributed by atoms with Crippen molar-refractivity contribution in [2.75, 3.05) is 5.32 Å². The van der Waals surface area contributed by atoms with Crippen molar-refractivity contribution in [1.82, 2.24) is 5.16 Å². The molecule has 3 aromatic rings. The van der Waals surface area contributed by atoms with Crippen molar-refractivity contribution in [3.63, 3.8) is 0 Å². The second-order valence-corrected chi connectivity index (χ2v) is 5.07. The van der Waals surface area contributed by atoms with E-state index in [0.717, 1.165) is 6.07 Å². The molecule has 0 spiro atoms. The molecular formula is C16H9ClF2N2O2. The molecule has 0 saturated heterocycles. The second kappa shape index (κ2) is 6.18. The first-order chi connectivity index (χ1) is 11.0. The van der Waals surface area contributed by atoms with Gasteiger partial charge in [0.25, 0.3) is 5.91 Å². The SMILES string of the molecule is O=C(Nc1ccc(F)c(Cl)c1)c1cc(-c2ccc(F)cc2)on1. The number of hydrogen-bond acceptors (Lipinski definition) is 3. The highest BCUT2D eigenvalue weighted by Gasteiger charge is 2.14. The number of anilines is 1. The zero-order chi connectivity index (χ0) is 16.4. The lowest BCUT2D eigenvalue weighted by Gasteiger charge is -2.03. The zero-order valence-corrected chi connectivity index (χ0v) is 12.3. The Morgan fingerprint density at radius 1 is 1.09 bits per heavy atom. The van der Waals surface area contributed by atoms with Gasteiger partial charge in [-0.05, 0) is 42.5 Å². The Morgan fingerprint density at radius 2 is 1.83 bits per heavy atom. The summed E-state index contributed by atoms with van der Waals surface area (Å²) in [7, 11) is 0. The van der Waals surface area contributed by atoms with Crippen molar-refractivity contribution in [1.29, 1.82) is 0 Å². The lowest BCUT2D eigenvalue weighted by Crippen LogP contribution is -2.12. The maximum Gasteiger partial charge on any atom is 0.277 e. The Bertz CT molecular complexity index is 863. The number of aromatic nitrogens is 1. The summed E-state index contributed by atoms with van der Waals surface area (Å²) >= 11 is 5.65. The molecule has 0 aliphatic heterocycles. The number of halogens is 3. The van der Waals surface area contributed by atoms with E-state index in [0.29, 0.717) is 17.0 Å². The van der Waals surface area contributed by atoms with E-state index in [1.165, 1.54) is 42.5 Å². The third kappa shape index (κ3) is 3.37. The summed E-state index contributed by atoms with van der Waals surface area (Å²) in [4.78, 5) is 12.1. The number of carbonyl (C=O) groups excluding carboxylic acids is 1. The normalized spacial score (nSPS) is 10.6. The third-order valence-corrected chi connectivity index (χ3v) is 3.34. The molecule has 0 atom stereocenters. The number of hydrogen-bond donors (Lipinski definition) is 1. The molecule has 1 heterocycles. The molecule has 116 valence electrons. The second-order valence-electron chi connectivity index (χ2n) is 4.67. The average Bonchev–Trinajstić information content (AvgIpc) is 3.02. The predicted molar refractivity (Wildman–Crippen MR) is 81.3 cm³/mol. The number of carbonyl (C=O) groups is 1. The minimum absolute atomic E-state index is 0.0322. The van der Waals surface area contributed by atoms with Gasteiger partial charge < -0.3 is 9.84 Å². The van der Waals surface area contributed by atoms with Gasteiger partial charge in [0, 0.05) is 17.3 Å². The van der Waals surface area contributed by atoms with E-state index in [9.17, 15) is 13.6 Å². The first-order valence-electron chi connectivity index (χ1n) is 6.52. The van der Waals surface area contributed by atoms with Crippen LogP contribution in [0.15, 0.2) is 53.1 Å². The molecule has 2 aromatic carbocycles. The van der Waals surface area contributed by atoms with Gasteiger partial charge in [-0.1, -0.05) is 16.8 Å². The van der Waals surface area contributed by atoms with Crippen LogP contribution in [0.3, 0.4) is 0 Å². The van der Waals surface area contributed by atoms with E-state index in [1.54, 1.807) is 0 Å². The van der Waals surface area contributed by atoms with E-state index in [-0.39, 0.29) is 16.5 Å². The maximum absolute atomic E-state index is 13.1. The molecule has 1 N–H and O–H groups in total. The summed E-state index contributed by atoms with van der Waals surface area (Å²) in [6.45, 7) is 0. The molecule has 7 heteroatoms. The highest BCUT2D eigenvalue weighted by Crippen LogP contribution is 2.22. The Hall–Kier alpha value is -2.73. The van der Waals surface area contributed by atoms with Crippen molar-refractivity contribution in [2.24, 2.45) is 0 Å². The molecule has 4 nitrogen and oxygen atoms in total. The summed E-state index contributed by atoms with van der Waals surface area (Å²) in [6, 6.07) is 10.8. The van der Waals surface area contributed by atoms with Gasteiger partial charge >= 0.3 is 0 Å². The van der Waals surface area contributed by atoms with Crippen molar-refractivity contribution in [2.45, 2.75) is 0 Å². The fourth-order valence-corrected chi connectivity index (χ4v) is 2.08. The molecule has 1 aromatic heterocycles. The number of nitrogens with zero attached hydrogens (tertiary/aromatic N) is 1. The van der Waals surface area contributed by atoms with E-state index in [4.69, 9.17) is 16.1 Å². The van der Waals surface area contributed by atoms with Crippen LogP contribution in [-0.4, -0.2) is 11.1 Å². The highest BCUT2D eigenvalue weighted by molar-refractivity contribution is 6.31. The first kappa shape index (κ1) is 15.2. The van der Waals surface area contributed by atoms with Crippen LogP contribution in [0.5, 0.6) is 0 Å². The van der Waals surface area contributed by atoms with Gasteiger partial charge in [0.2, 0.25) is 0 Å². The summed E-state index contributed by atoms with van der Waals surface area (Å²) in [5.74, 6) is -1.17. The smallest absolute Gasteiger partial charge is 0.277 e. The predicted octanol–water partition coefficient (Wildman–Crippen LogP) is 4.53. The lowest BCUT2D eigenvalue weighted by atomic mass is 10.1. The van der Waals surface area contributed by atoms with Crippen molar-refractivity contribution >= 4 is 23.2 Å². The largest absolute Gasteiger partial charge is 0.355 e. The number of rotatable bonds is 3. The summed E-state index contributed by atoms with van der Waals surface area (Å²) < 4.78 is 31.0. The fraction of sp³-hybridized carbons (Fsp3) is 0. The fourth-order valence-electron chi connectivity index (χ4n) is 1.90. The molecule has 0 aliphatic carbocycles. The van der Waals surface area contributed by atoms with Gasteiger partial charge in [0.05, 0.1) is 5.02 Å². The van der Waals surface area contributed by atoms with E-state index < -0.39 is 11.7 Å². The van der Waals surface area contributed by atoms with E-state index >= 15 is 0 Å². The molecule has 23 heavy (non-hydrogen) atoms. The summed E-state index contributed by atoms with van der Waals surface area (Å²) in [6.07, 6.45) is 0. The third-order valence-electron chi connectivity index (χ3n) is 3.05. The Morgan fingerprint density at radius 3 is 2.52 bits per heavy atom. The van der Waals surface area contributed by atoms with Gasteiger partial charge in [0.15, 0.2) is 11.5 Å². The summed E-state index contributed by atoms with van der Waals surface area (Å²) in [5.41, 5.74) is 0.945. The summed E-state index contributed by atoms with van der Waals surface area (Å²) in [5, 5.41) is 6.09. The Labute approximate surface area is 134 Å². The molecule has 0 bridgehead atoms. The highest BCUT2D eigenvalue weighted by atomic mass is 35.5. The minimum atomic E-state index is -0.579. The monoisotopic (exact) mass is 334 g/mol. The van der Waals surface area contributed by atoms with Crippen LogP contribution in [0.2, 0.25) is 5.02 Å². The number of amides is 1. The average molecular weight is 335 g/mol. The molecular weight excluding hydrogens is 326 g/mol. The van der Waals surface area contributed by atoms with Crippen LogP contribution < -0.4 is 5.32 Å². The van der Waals surface area contributed by atoms with Gasteiger partial charge in [-0.3, -0.25) is 4.79 Å².